The Bertz CT molecular complexity index is 392. The van der Waals surface area contributed by atoms with Crippen molar-refractivity contribution in [3.8, 4) is 0 Å². The molecule has 1 aliphatic carbocycles. The third kappa shape index (κ3) is 2.01. The lowest BCUT2D eigenvalue weighted by Gasteiger charge is -2.34. The highest BCUT2D eigenvalue weighted by Gasteiger charge is 2.26. The average molecular weight is 219 g/mol. The fraction of sp³-hybridized carbons (Fsp3) is 0.500. The van der Waals surface area contributed by atoms with Gasteiger partial charge in [-0.3, -0.25) is 4.79 Å². The fourth-order valence-electron chi connectivity index (χ4n) is 1.96. The smallest absolute Gasteiger partial charge is 0.254 e. The lowest BCUT2D eigenvalue weighted by Crippen LogP contribution is -2.41. The van der Waals surface area contributed by atoms with Crippen LogP contribution in [0.3, 0.4) is 0 Å². The van der Waals surface area contributed by atoms with Gasteiger partial charge in [-0.15, -0.1) is 0 Å². The monoisotopic (exact) mass is 219 g/mol. The van der Waals surface area contributed by atoms with Gasteiger partial charge in [0.05, 0.1) is 0 Å². The van der Waals surface area contributed by atoms with Crippen LogP contribution >= 0.6 is 0 Å². The Hall–Kier alpha value is -1.58. The predicted octanol–water partition coefficient (Wildman–Crippen LogP) is 1.60. The number of aromatic nitrogens is 1. The summed E-state index contributed by atoms with van der Waals surface area (Å²) in [6, 6.07) is 3.83. The standard InChI is InChI=1S/C12H17N3O/c1-8-6-9(7-11(13)14-8)12(16)15(2)10-4-3-5-10/h6-7,10H,3-5H2,1-2H3,(H2,13,14). The number of anilines is 1. The van der Waals surface area contributed by atoms with Crippen LogP contribution in [0, 0.1) is 6.92 Å². The molecule has 0 radical (unpaired) electrons. The maximum Gasteiger partial charge on any atom is 0.254 e. The van der Waals surface area contributed by atoms with Crippen molar-refractivity contribution < 1.29 is 4.79 Å². The van der Waals surface area contributed by atoms with Crippen LogP contribution in [0.25, 0.3) is 0 Å². The molecule has 16 heavy (non-hydrogen) atoms. The highest BCUT2D eigenvalue weighted by atomic mass is 16.2. The van der Waals surface area contributed by atoms with E-state index in [4.69, 9.17) is 5.73 Å². The van der Waals surface area contributed by atoms with Crippen LogP contribution in [-0.4, -0.2) is 28.9 Å². The number of rotatable bonds is 2. The van der Waals surface area contributed by atoms with Gasteiger partial charge in [0.1, 0.15) is 5.82 Å². The van der Waals surface area contributed by atoms with Gasteiger partial charge in [0.2, 0.25) is 0 Å². The van der Waals surface area contributed by atoms with Crippen molar-refractivity contribution in [2.24, 2.45) is 0 Å². The van der Waals surface area contributed by atoms with Gasteiger partial charge in [0.15, 0.2) is 0 Å². The van der Waals surface area contributed by atoms with E-state index in [1.165, 1.54) is 6.42 Å². The van der Waals surface area contributed by atoms with E-state index in [0.29, 0.717) is 17.4 Å². The van der Waals surface area contributed by atoms with E-state index >= 15 is 0 Å². The number of pyridine rings is 1. The first-order chi connectivity index (χ1) is 7.58. The van der Waals surface area contributed by atoms with E-state index in [0.717, 1.165) is 18.5 Å². The highest BCUT2D eigenvalue weighted by Crippen LogP contribution is 2.25. The first kappa shape index (κ1) is 10.9. The molecule has 1 fully saturated rings. The van der Waals surface area contributed by atoms with Crippen LogP contribution in [-0.2, 0) is 0 Å². The Kier molecular flexibility index (Phi) is 2.81. The molecule has 4 nitrogen and oxygen atoms in total. The average Bonchev–Trinajstić information content (AvgIpc) is 2.12. The number of amides is 1. The first-order valence-corrected chi connectivity index (χ1v) is 5.59. The molecule has 2 N–H and O–H groups in total. The van der Waals surface area contributed by atoms with Crippen molar-refractivity contribution in [1.29, 1.82) is 0 Å². The van der Waals surface area contributed by atoms with Gasteiger partial charge in [-0.25, -0.2) is 4.98 Å². The lowest BCUT2D eigenvalue weighted by atomic mass is 9.91. The van der Waals surface area contributed by atoms with Gasteiger partial charge in [-0.2, -0.15) is 0 Å². The zero-order valence-corrected chi connectivity index (χ0v) is 9.73. The molecule has 0 spiro atoms. The third-order valence-electron chi connectivity index (χ3n) is 3.16. The minimum Gasteiger partial charge on any atom is -0.384 e. The number of hydrogen-bond acceptors (Lipinski definition) is 3. The SMILES string of the molecule is Cc1cc(C(=O)N(C)C2CCC2)cc(N)n1. The molecule has 4 heteroatoms. The molecule has 86 valence electrons. The topological polar surface area (TPSA) is 59.2 Å². The molecule has 0 unspecified atom stereocenters. The largest absolute Gasteiger partial charge is 0.384 e. The van der Waals surface area contributed by atoms with E-state index < -0.39 is 0 Å². The van der Waals surface area contributed by atoms with Crippen molar-refractivity contribution in [2.45, 2.75) is 32.2 Å². The fourth-order valence-corrected chi connectivity index (χ4v) is 1.96. The van der Waals surface area contributed by atoms with Crippen LogP contribution < -0.4 is 5.73 Å². The Balaban J connectivity index is 2.19. The number of carbonyl (C=O) groups is 1. The van der Waals surface area contributed by atoms with Crippen LogP contribution in [0.15, 0.2) is 12.1 Å². The van der Waals surface area contributed by atoms with Gasteiger partial charge < -0.3 is 10.6 Å². The number of nitrogen functional groups attached to an aromatic ring is 1. The molecule has 1 amide bonds. The lowest BCUT2D eigenvalue weighted by molar-refractivity contribution is 0.0652. The molecule has 0 saturated heterocycles. The summed E-state index contributed by atoms with van der Waals surface area (Å²) in [5.41, 5.74) is 7.06. The van der Waals surface area contributed by atoms with Crippen molar-refractivity contribution in [2.75, 3.05) is 12.8 Å². The zero-order valence-electron chi connectivity index (χ0n) is 9.73. The van der Waals surface area contributed by atoms with Gasteiger partial charge in [0, 0.05) is 24.3 Å². The number of nitrogens with zero attached hydrogens (tertiary/aromatic N) is 2. The Morgan fingerprint density at radius 2 is 2.19 bits per heavy atom. The molecular formula is C12H17N3O. The van der Waals surface area contributed by atoms with Crippen molar-refractivity contribution in [3.63, 3.8) is 0 Å². The highest BCUT2D eigenvalue weighted by molar-refractivity contribution is 5.95. The minimum atomic E-state index is 0.0434. The van der Waals surface area contributed by atoms with Gasteiger partial charge in [-0.1, -0.05) is 0 Å². The molecule has 1 aromatic rings. The Morgan fingerprint density at radius 3 is 2.69 bits per heavy atom. The van der Waals surface area contributed by atoms with E-state index in [1.54, 1.807) is 12.1 Å². The summed E-state index contributed by atoms with van der Waals surface area (Å²) in [7, 11) is 1.86. The van der Waals surface area contributed by atoms with Gasteiger partial charge in [0.25, 0.3) is 5.91 Å². The van der Waals surface area contributed by atoms with Crippen molar-refractivity contribution >= 4 is 11.7 Å². The number of aryl methyl sites for hydroxylation is 1. The maximum atomic E-state index is 12.1. The molecule has 1 heterocycles. The van der Waals surface area contributed by atoms with E-state index in [9.17, 15) is 4.79 Å². The molecule has 1 aromatic heterocycles. The molecule has 1 aliphatic rings. The van der Waals surface area contributed by atoms with Crippen LogP contribution in [0.1, 0.15) is 35.3 Å². The summed E-state index contributed by atoms with van der Waals surface area (Å²) in [5.74, 6) is 0.451. The quantitative estimate of drug-likeness (QED) is 0.821. The second-order valence-corrected chi connectivity index (χ2v) is 4.42. The molecular weight excluding hydrogens is 202 g/mol. The van der Waals surface area contributed by atoms with Crippen molar-refractivity contribution in [1.82, 2.24) is 9.88 Å². The Labute approximate surface area is 95.5 Å². The van der Waals surface area contributed by atoms with Crippen LogP contribution in [0.4, 0.5) is 5.82 Å². The summed E-state index contributed by atoms with van der Waals surface area (Å²) in [6.07, 6.45) is 3.45. The molecule has 2 rings (SSSR count). The first-order valence-electron chi connectivity index (χ1n) is 5.59. The van der Waals surface area contributed by atoms with Crippen molar-refractivity contribution in [3.05, 3.63) is 23.4 Å². The normalized spacial score (nSPS) is 15.6. The van der Waals surface area contributed by atoms with E-state index in [1.807, 2.05) is 18.9 Å². The summed E-state index contributed by atoms with van der Waals surface area (Å²) >= 11 is 0. The molecule has 0 aromatic carbocycles. The molecule has 0 bridgehead atoms. The number of nitrogens with two attached hydrogens (primary N) is 1. The number of carbonyl (C=O) groups excluding carboxylic acids is 1. The molecule has 0 atom stereocenters. The summed E-state index contributed by atoms with van der Waals surface area (Å²) in [4.78, 5) is 18.0. The Morgan fingerprint density at radius 1 is 1.50 bits per heavy atom. The minimum absolute atomic E-state index is 0.0434. The van der Waals surface area contributed by atoms with E-state index in [-0.39, 0.29) is 5.91 Å². The molecule has 0 aliphatic heterocycles. The van der Waals surface area contributed by atoms with E-state index in [2.05, 4.69) is 4.98 Å². The van der Waals surface area contributed by atoms with Crippen LogP contribution in [0.2, 0.25) is 0 Å². The maximum absolute atomic E-state index is 12.1. The predicted molar refractivity (Wildman–Crippen MR) is 63.1 cm³/mol. The van der Waals surface area contributed by atoms with Gasteiger partial charge >= 0.3 is 0 Å². The number of hydrogen-bond donors (Lipinski definition) is 1. The summed E-state index contributed by atoms with van der Waals surface area (Å²) in [6.45, 7) is 1.84. The third-order valence-corrected chi connectivity index (χ3v) is 3.16. The van der Waals surface area contributed by atoms with Crippen LogP contribution in [0.5, 0.6) is 0 Å². The molecule has 1 saturated carbocycles. The summed E-state index contributed by atoms with van der Waals surface area (Å²) < 4.78 is 0. The summed E-state index contributed by atoms with van der Waals surface area (Å²) in [5, 5.41) is 0. The second kappa shape index (κ2) is 4.12. The second-order valence-electron chi connectivity index (χ2n) is 4.42. The van der Waals surface area contributed by atoms with Gasteiger partial charge in [-0.05, 0) is 38.3 Å². The zero-order chi connectivity index (χ0) is 11.7.